The Bertz CT molecular complexity index is 387. The average Bonchev–Trinajstić information content (AvgIpc) is 2.27. The Kier molecular flexibility index (Phi) is 6.20. The third-order valence-electron chi connectivity index (χ3n) is 1.84. The van der Waals surface area contributed by atoms with Crippen molar-refractivity contribution in [2.24, 2.45) is 0 Å². The fourth-order valence-electron chi connectivity index (χ4n) is 1.22. The van der Waals surface area contributed by atoms with Crippen LogP contribution >= 0.6 is 23.5 Å². The molecule has 1 rings (SSSR count). The highest BCUT2D eigenvalue weighted by atomic mass is 79.9. The van der Waals surface area contributed by atoms with E-state index in [1.807, 2.05) is 12.1 Å². The van der Waals surface area contributed by atoms with Gasteiger partial charge in [-0.3, -0.25) is 4.57 Å². The Balaban J connectivity index is 2.60. The fraction of sp³-hybridized carbons (Fsp3) is 0.455. The van der Waals surface area contributed by atoms with Gasteiger partial charge in [-0.15, -0.1) is 0 Å². The molecule has 0 amide bonds. The van der Waals surface area contributed by atoms with Crippen molar-refractivity contribution in [2.45, 2.75) is 13.8 Å². The van der Waals surface area contributed by atoms with E-state index < -0.39 is 7.60 Å². The van der Waals surface area contributed by atoms with Gasteiger partial charge in [0, 0.05) is 4.47 Å². The van der Waals surface area contributed by atoms with E-state index in [1.54, 1.807) is 26.0 Å². The van der Waals surface area contributed by atoms with Crippen LogP contribution in [0, 0.1) is 0 Å². The maximum Gasteiger partial charge on any atom is 0.367 e. The molecule has 0 saturated heterocycles. The van der Waals surface area contributed by atoms with Gasteiger partial charge >= 0.3 is 7.60 Å². The highest BCUT2D eigenvalue weighted by Gasteiger charge is 2.24. The number of benzene rings is 1. The summed E-state index contributed by atoms with van der Waals surface area (Å²) in [6.07, 6.45) is -0.0782. The Morgan fingerprint density at radius 2 is 1.88 bits per heavy atom. The third-order valence-corrected chi connectivity index (χ3v) is 4.08. The SMILES string of the molecule is CCOP(=O)(COc1cccc(Br)c1)OCC. The van der Waals surface area contributed by atoms with Crippen molar-refractivity contribution in [1.29, 1.82) is 0 Å². The van der Waals surface area contributed by atoms with E-state index in [4.69, 9.17) is 13.8 Å². The summed E-state index contributed by atoms with van der Waals surface area (Å²) >= 11 is 3.33. The second-order valence-corrected chi connectivity index (χ2v) is 6.09. The summed E-state index contributed by atoms with van der Waals surface area (Å²) in [5.41, 5.74) is 0. The minimum Gasteiger partial charge on any atom is -0.481 e. The van der Waals surface area contributed by atoms with Crippen molar-refractivity contribution in [3.63, 3.8) is 0 Å². The van der Waals surface area contributed by atoms with E-state index in [9.17, 15) is 4.57 Å². The normalized spacial score (nSPS) is 11.5. The molecule has 17 heavy (non-hydrogen) atoms. The molecule has 0 N–H and O–H groups in total. The van der Waals surface area contributed by atoms with E-state index in [0.717, 1.165) is 4.47 Å². The van der Waals surface area contributed by atoms with Crippen LogP contribution in [0.4, 0.5) is 0 Å². The van der Waals surface area contributed by atoms with Crippen LogP contribution in [0.25, 0.3) is 0 Å². The summed E-state index contributed by atoms with van der Waals surface area (Å²) in [5, 5.41) is 0. The predicted octanol–water partition coefficient (Wildman–Crippen LogP) is 4.05. The second kappa shape index (κ2) is 7.17. The summed E-state index contributed by atoms with van der Waals surface area (Å²) < 4.78 is 28.6. The highest BCUT2D eigenvalue weighted by molar-refractivity contribution is 9.10. The quantitative estimate of drug-likeness (QED) is 0.710. The largest absolute Gasteiger partial charge is 0.481 e. The molecule has 0 unspecified atom stereocenters. The second-order valence-electron chi connectivity index (χ2n) is 3.18. The van der Waals surface area contributed by atoms with Crippen molar-refractivity contribution in [3.05, 3.63) is 28.7 Å². The van der Waals surface area contributed by atoms with Crippen LogP contribution < -0.4 is 4.74 Å². The van der Waals surface area contributed by atoms with E-state index in [1.165, 1.54) is 0 Å². The van der Waals surface area contributed by atoms with Crippen LogP contribution in [0.15, 0.2) is 28.7 Å². The van der Waals surface area contributed by atoms with E-state index in [2.05, 4.69) is 15.9 Å². The Labute approximate surface area is 110 Å². The average molecular weight is 323 g/mol. The lowest BCUT2D eigenvalue weighted by Gasteiger charge is -2.17. The van der Waals surface area contributed by atoms with Gasteiger partial charge < -0.3 is 13.8 Å². The highest BCUT2D eigenvalue weighted by Crippen LogP contribution is 2.47. The molecule has 0 heterocycles. The Morgan fingerprint density at radius 1 is 1.24 bits per heavy atom. The summed E-state index contributed by atoms with van der Waals surface area (Å²) in [6.45, 7) is 4.20. The number of hydrogen-bond donors (Lipinski definition) is 0. The molecule has 1 aromatic rings. The van der Waals surface area contributed by atoms with Crippen molar-refractivity contribution in [2.75, 3.05) is 19.6 Å². The first kappa shape index (κ1) is 14.7. The summed E-state index contributed by atoms with van der Waals surface area (Å²) in [4.78, 5) is 0. The summed E-state index contributed by atoms with van der Waals surface area (Å²) in [5.74, 6) is 0.624. The summed E-state index contributed by atoms with van der Waals surface area (Å²) in [6, 6.07) is 7.30. The zero-order valence-electron chi connectivity index (χ0n) is 9.89. The molecule has 0 aliphatic carbocycles. The van der Waals surface area contributed by atoms with Gasteiger partial charge in [-0.05, 0) is 32.0 Å². The van der Waals surface area contributed by atoms with Gasteiger partial charge in [-0.2, -0.15) is 0 Å². The molecule has 0 atom stereocenters. The van der Waals surface area contributed by atoms with E-state index in [-0.39, 0.29) is 6.35 Å². The first-order valence-electron chi connectivity index (χ1n) is 5.36. The van der Waals surface area contributed by atoms with Gasteiger partial charge in [0.25, 0.3) is 0 Å². The predicted molar refractivity (Wildman–Crippen MR) is 70.5 cm³/mol. The summed E-state index contributed by atoms with van der Waals surface area (Å²) in [7, 11) is -3.14. The van der Waals surface area contributed by atoms with Crippen LogP contribution in [-0.4, -0.2) is 19.6 Å². The Morgan fingerprint density at radius 3 is 2.41 bits per heavy atom. The van der Waals surface area contributed by atoms with Crippen LogP contribution in [0.5, 0.6) is 5.75 Å². The van der Waals surface area contributed by atoms with Crippen molar-refractivity contribution in [1.82, 2.24) is 0 Å². The zero-order chi connectivity index (χ0) is 12.7. The van der Waals surface area contributed by atoms with E-state index >= 15 is 0 Å². The number of rotatable bonds is 7. The van der Waals surface area contributed by atoms with E-state index in [0.29, 0.717) is 19.0 Å². The van der Waals surface area contributed by atoms with Crippen molar-refractivity contribution in [3.8, 4) is 5.75 Å². The topological polar surface area (TPSA) is 44.8 Å². The van der Waals surface area contributed by atoms with Crippen LogP contribution in [0.3, 0.4) is 0 Å². The van der Waals surface area contributed by atoms with Gasteiger partial charge in [0.15, 0.2) is 6.35 Å². The van der Waals surface area contributed by atoms with Gasteiger partial charge in [-0.25, -0.2) is 0 Å². The molecule has 0 aliphatic heterocycles. The lowest BCUT2D eigenvalue weighted by Crippen LogP contribution is -2.05. The molecule has 6 heteroatoms. The number of hydrogen-bond acceptors (Lipinski definition) is 4. The van der Waals surface area contributed by atoms with Crippen molar-refractivity contribution >= 4 is 23.5 Å². The van der Waals surface area contributed by atoms with Crippen LogP contribution in [0.2, 0.25) is 0 Å². The molecule has 0 aliphatic rings. The molecule has 0 fully saturated rings. The number of ether oxygens (including phenoxy) is 1. The lowest BCUT2D eigenvalue weighted by atomic mass is 10.3. The molecule has 0 saturated carbocycles. The molecule has 0 bridgehead atoms. The molecular weight excluding hydrogens is 307 g/mol. The molecule has 96 valence electrons. The monoisotopic (exact) mass is 322 g/mol. The lowest BCUT2D eigenvalue weighted by molar-refractivity contribution is 0.197. The minimum absolute atomic E-state index is 0.0782. The molecule has 0 aromatic heterocycles. The zero-order valence-corrected chi connectivity index (χ0v) is 12.4. The van der Waals surface area contributed by atoms with Crippen LogP contribution in [-0.2, 0) is 13.6 Å². The molecule has 0 radical (unpaired) electrons. The number of halogens is 1. The maximum atomic E-state index is 12.1. The fourth-order valence-corrected chi connectivity index (χ4v) is 2.91. The van der Waals surface area contributed by atoms with Crippen LogP contribution in [0.1, 0.15) is 13.8 Å². The maximum absolute atomic E-state index is 12.1. The standard InChI is InChI=1S/C11H16BrO4P/c1-3-15-17(13,16-4-2)9-14-11-7-5-6-10(12)8-11/h5-8H,3-4,9H2,1-2H3. The van der Waals surface area contributed by atoms with Gasteiger partial charge in [0.05, 0.1) is 13.2 Å². The molecular formula is C11H16BrO4P. The first-order chi connectivity index (χ1) is 8.09. The van der Waals surface area contributed by atoms with Gasteiger partial charge in [0.2, 0.25) is 0 Å². The van der Waals surface area contributed by atoms with Crippen molar-refractivity contribution < 1.29 is 18.3 Å². The molecule has 4 nitrogen and oxygen atoms in total. The van der Waals surface area contributed by atoms with Gasteiger partial charge in [-0.1, -0.05) is 22.0 Å². The molecule has 1 aromatic carbocycles. The van der Waals surface area contributed by atoms with Gasteiger partial charge in [0.1, 0.15) is 5.75 Å². The third kappa shape index (κ3) is 5.21. The minimum atomic E-state index is -3.14. The molecule has 0 spiro atoms. The smallest absolute Gasteiger partial charge is 0.367 e. The first-order valence-corrected chi connectivity index (χ1v) is 7.88. The Hall–Kier alpha value is -0.350.